The van der Waals surface area contributed by atoms with Gasteiger partial charge in [0.2, 0.25) is 11.4 Å². The summed E-state index contributed by atoms with van der Waals surface area (Å²) < 4.78 is 101. The minimum atomic E-state index is -4.54. The molecule has 2 aliphatic rings. The van der Waals surface area contributed by atoms with Gasteiger partial charge in [0.15, 0.2) is 0 Å². The van der Waals surface area contributed by atoms with Crippen LogP contribution in [0.15, 0.2) is 111 Å². The molecule has 48 heavy (non-hydrogen) atoms. The van der Waals surface area contributed by atoms with Gasteiger partial charge in [0.25, 0.3) is 30.4 Å². The Morgan fingerprint density at radius 1 is 0.771 bits per heavy atom. The lowest BCUT2D eigenvalue weighted by Gasteiger charge is -2.25. The molecular weight excluding hydrogens is 677 g/mol. The van der Waals surface area contributed by atoms with Crippen molar-refractivity contribution < 1.29 is 43.5 Å². The summed E-state index contributed by atoms with van der Waals surface area (Å²) in [5.74, 6) is -0.386. The highest BCUT2D eigenvalue weighted by Gasteiger charge is 2.44. The van der Waals surface area contributed by atoms with Crippen molar-refractivity contribution in [1.82, 2.24) is 0 Å². The van der Waals surface area contributed by atoms with Crippen molar-refractivity contribution in [3.8, 4) is 0 Å². The third kappa shape index (κ3) is 6.82. The lowest BCUT2D eigenvalue weighted by Crippen LogP contribution is -2.28. The second kappa shape index (κ2) is 12.3. The van der Waals surface area contributed by atoms with Crippen LogP contribution in [-0.2, 0) is 41.2 Å². The molecule has 5 rings (SSSR count). The Morgan fingerprint density at radius 3 is 2.10 bits per heavy atom. The first-order valence-corrected chi connectivity index (χ1v) is 19.1. The molecule has 0 saturated heterocycles. The summed E-state index contributed by atoms with van der Waals surface area (Å²) in [7, 11) is -13.2. The Hall–Kier alpha value is -4.28. The summed E-state index contributed by atoms with van der Waals surface area (Å²) in [5.41, 5.74) is 14.9. The van der Waals surface area contributed by atoms with Crippen molar-refractivity contribution in [1.29, 1.82) is 0 Å². The van der Waals surface area contributed by atoms with Crippen LogP contribution in [0.25, 0.3) is 0 Å². The second-order valence-electron chi connectivity index (χ2n) is 12.4. The smallest absolute Gasteiger partial charge is 0.294 e. The van der Waals surface area contributed by atoms with Gasteiger partial charge in [0, 0.05) is 29.2 Å². The van der Waals surface area contributed by atoms with Gasteiger partial charge in [-0.3, -0.25) is 13.7 Å². The zero-order valence-electron chi connectivity index (χ0n) is 26.5. The molecule has 3 aromatic carbocycles. The van der Waals surface area contributed by atoms with Gasteiger partial charge in [-0.2, -0.15) is 29.8 Å². The first-order chi connectivity index (χ1) is 22.2. The highest BCUT2D eigenvalue weighted by Crippen LogP contribution is 2.51. The molecule has 0 radical (unpaired) electrons. The number of fused-ring (bicyclic) bond motifs is 2. The van der Waals surface area contributed by atoms with Crippen LogP contribution in [0.4, 0.5) is 17.1 Å². The Kier molecular flexibility index (Phi) is 8.99. The van der Waals surface area contributed by atoms with Gasteiger partial charge < -0.3 is 4.90 Å². The van der Waals surface area contributed by atoms with Gasteiger partial charge >= 0.3 is 0 Å². The molecule has 14 heteroatoms. The van der Waals surface area contributed by atoms with Crippen LogP contribution in [0.1, 0.15) is 45.2 Å². The molecule has 0 atom stereocenters. The molecule has 2 heterocycles. The molecule has 0 amide bonds. The second-order valence-corrected chi connectivity index (χ2v) is 16.8. The fourth-order valence-corrected chi connectivity index (χ4v) is 7.66. The maximum absolute atomic E-state index is 12.0. The molecule has 0 unspecified atom stereocenters. The van der Waals surface area contributed by atoms with Crippen LogP contribution in [0.2, 0.25) is 0 Å². The van der Waals surface area contributed by atoms with Crippen LogP contribution in [0, 0.1) is 0 Å². The van der Waals surface area contributed by atoms with E-state index in [9.17, 15) is 38.9 Å². The highest BCUT2D eigenvalue weighted by atomic mass is 32.2. The van der Waals surface area contributed by atoms with E-state index < -0.39 is 41.2 Å². The SMILES string of the molecule is CC1(C)C(=C=C=C=C=CC2=[N+](CCCS(=O)(=O)O)c3ccccc3C2(C)C)N(c2cccc(S(=O)(=O)O)c2)c2ccc(S(=O)(=O)O)cc21. The summed E-state index contributed by atoms with van der Waals surface area (Å²) in [4.78, 5) is 0.988. The fraction of sp³-hybridized carbons (Fsp3) is 0.265. The van der Waals surface area contributed by atoms with E-state index in [4.69, 9.17) is 0 Å². The lowest BCUT2D eigenvalue weighted by atomic mass is 9.81. The standard InChI is InChI=1S/C34H32N2O9S3/c1-33(2)27-14-8-9-15-29(27)35(20-11-21-46(37,38)39)31(33)16-6-5-7-17-32-34(3,4)28-23-26(48(43,44)45)18-19-30(28)36(32)24-12-10-13-25(22-24)47(40,41)42/h8-10,12-16,18-19,22-23H,11,20-21H2,1-4H3,(H2-,37,38,39,40,41,42,43,44,45)/p+1. The maximum Gasteiger partial charge on any atom is 0.294 e. The normalized spacial score (nSPS) is 16.4. The molecule has 0 aromatic heterocycles. The molecule has 11 nitrogen and oxygen atoms in total. The first kappa shape index (κ1) is 35.0. The summed E-state index contributed by atoms with van der Waals surface area (Å²) in [5, 5.41) is 0. The molecule has 0 aliphatic carbocycles. The molecule has 0 fully saturated rings. The van der Waals surface area contributed by atoms with Gasteiger partial charge in [-0.25, -0.2) is 0 Å². The van der Waals surface area contributed by atoms with Crippen LogP contribution in [-0.4, -0.2) is 61.5 Å². The Labute approximate surface area is 280 Å². The number of anilines is 2. The molecule has 3 aromatic rings. The number of para-hydroxylation sites is 1. The third-order valence-corrected chi connectivity index (χ3v) is 11.0. The van der Waals surface area contributed by atoms with E-state index in [0.717, 1.165) is 17.0 Å². The number of nitrogens with zero attached hydrogens (tertiary/aromatic N) is 2. The average Bonchev–Trinajstić information content (AvgIpc) is 3.34. The first-order valence-electron chi connectivity index (χ1n) is 14.6. The van der Waals surface area contributed by atoms with Gasteiger partial charge in [0.1, 0.15) is 6.54 Å². The summed E-state index contributed by atoms with van der Waals surface area (Å²) in [6.07, 6.45) is 1.91. The van der Waals surface area contributed by atoms with Crippen molar-refractivity contribution >= 4 is 53.1 Å². The molecule has 0 spiro atoms. The number of hydrogen-bond donors (Lipinski definition) is 3. The number of benzene rings is 3. The van der Waals surface area contributed by atoms with Gasteiger partial charge in [-0.05, 0) is 86.9 Å². The minimum absolute atomic E-state index is 0.190. The van der Waals surface area contributed by atoms with Crippen LogP contribution in [0.3, 0.4) is 0 Å². The van der Waals surface area contributed by atoms with E-state index in [1.807, 2.05) is 42.7 Å². The number of rotatable bonds is 8. The summed E-state index contributed by atoms with van der Waals surface area (Å²) in [6, 6.07) is 17.4. The van der Waals surface area contributed by atoms with Gasteiger partial charge in [0.05, 0.1) is 38.4 Å². The molecule has 3 N–H and O–H groups in total. The van der Waals surface area contributed by atoms with Crippen molar-refractivity contribution in [2.75, 3.05) is 17.2 Å². The minimum Gasteiger partial charge on any atom is -0.305 e. The molecule has 250 valence electrons. The predicted octanol–water partition coefficient (Wildman–Crippen LogP) is 5.47. The Balaban J connectivity index is 1.69. The average molecular weight is 710 g/mol. The van der Waals surface area contributed by atoms with E-state index in [1.54, 1.807) is 30.9 Å². The van der Waals surface area contributed by atoms with E-state index in [2.05, 4.69) is 22.9 Å². The van der Waals surface area contributed by atoms with Gasteiger partial charge in [-0.15, -0.1) is 0 Å². The maximum atomic E-state index is 12.0. The zero-order valence-corrected chi connectivity index (χ0v) is 28.9. The van der Waals surface area contributed by atoms with Crippen LogP contribution >= 0.6 is 0 Å². The Morgan fingerprint density at radius 2 is 1.44 bits per heavy atom. The lowest BCUT2D eigenvalue weighted by molar-refractivity contribution is -0.437. The molecule has 0 saturated carbocycles. The fourth-order valence-electron chi connectivity index (χ4n) is 6.14. The van der Waals surface area contributed by atoms with E-state index in [0.29, 0.717) is 29.2 Å². The van der Waals surface area contributed by atoms with Gasteiger partial charge in [-0.1, -0.05) is 30.0 Å². The van der Waals surface area contributed by atoms with Crippen molar-refractivity contribution in [2.45, 2.75) is 54.7 Å². The molecule has 0 bridgehead atoms. The van der Waals surface area contributed by atoms with E-state index >= 15 is 0 Å². The highest BCUT2D eigenvalue weighted by molar-refractivity contribution is 7.86. The monoisotopic (exact) mass is 709 g/mol. The van der Waals surface area contributed by atoms with E-state index in [-0.39, 0.29) is 22.0 Å². The van der Waals surface area contributed by atoms with Crippen molar-refractivity contribution in [3.63, 3.8) is 0 Å². The number of hydrogen-bond acceptors (Lipinski definition) is 7. The predicted molar refractivity (Wildman–Crippen MR) is 180 cm³/mol. The van der Waals surface area contributed by atoms with Crippen LogP contribution < -0.4 is 4.90 Å². The van der Waals surface area contributed by atoms with E-state index in [1.165, 1.54) is 36.4 Å². The number of allylic oxidation sites excluding steroid dienone is 2. The molecular formula is C34H33N2O9S3+. The molecule has 2 aliphatic heterocycles. The van der Waals surface area contributed by atoms with Crippen molar-refractivity contribution in [3.05, 3.63) is 113 Å². The zero-order chi connectivity index (χ0) is 35.3. The third-order valence-electron chi connectivity index (χ3n) is 8.48. The quantitative estimate of drug-likeness (QED) is 0.155. The van der Waals surface area contributed by atoms with Crippen molar-refractivity contribution in [2.24, 2.45) is 0 Å². The topological polar surface area (TPSA) is 169 Å². The summed E-state index contributed by atoms with van der Waals surface area (Å²) in [6.45, 7) is 7.98. The van der Waals surface area contributed by atoms with Crippen LogP contribution in [0.5, 0.6) is 0 Å². The largest absolute Gasteiger partial charge is 0.305 e. The summed E-state index contributed by atoms with van der Waals surface area (Å²) >= 11 is 0. The Bertz CT molecular complexity index is 2400.